The molecule has 3 unspecified atom stereocenters. The summed E-state index contributed by atoms with van der Waals surface area (Å²) in [6.45, 7) is 7.03. The number of aliphatic hydroxyl groups is 1. The molecule has 6 nitrogen and oxygen atoms in total. The fraction of sp³-hybridized carbons (Fsp3) is 0.765. The van der Waals surface area contributed by atoms with Gasteiger partial charge in [-0.2, -0.15) is 22.0 Å². The molecule has 5 aliphatic rings. The fourth-order valence-electron chi connectivity index (χ4n) is 9.20. The Hall–Kier alpha value is -1.63. The first-order chi connectivity index (χ1) is 21.0. The lowest BCUT2D eigenvalue weighted by molar-refractivity contribution is -0.408. The Morgan fingerprint density at radius 1 is 0.911 bits per heavy atom. The number of methoxy groups -OCH3 is 2. The minimum absolute atomic E-state index is 0.0799. The monoisotopic (exact) mass is 644 g/mol. The van der Waals surface area contributed by atoms with Gasteiger partial charge in [0.15, 0.2) is 12.1 Å². The second kappa shape index (κ2) is 11.2. The predicted octanol–water partition coefficient (Wildman–Crippen LogP) is 7.81. The molecule has 11 heteroatoms. The van der Waals surface area contributed by atoms with Crippen molar-refractivity contribution in [3.05, 3.63) is 46.5 Å². The summed E-state index contributed by atoms with van der Waals surface area (Å²) < 4.78 is 96.6. The van der Waals surface area contributed by atoms with Gasteiger partial charge in [-0.05, 0) is 66.9 Å². The first kappa shape index (κ1) is 33.3. The largest absolute Gasteiger partial charge is 0.482 e. The van der Waals surface area contributed by atoms with E-state index in [1.165, 1.54) is 14.2 Å². The number of halogens is 5. The lowest BCUT2D eigenvalue weighted by Crippen LogP contribution is -2.57. The van der Waals surface area contributed by atoms with Gasteiger partial charge in [0.1, 0.15) is 0 Å². The summed E-state index contributed by atoms with van der Waals surface area (Å²) in [5.41, 5.74) is 1.54. The summed E-state index contributed by atoms with van der Waals surface area (Å²) in [7, 11) is 3.08. The molecule has 0 bridgehead atoms. The van der Waals surface area contributed by atoms with E-state index in [9.17, 15) is 27.1 Å². The van der Waals surface area contributed by atoms with Gasteiger partial charge in [-0.15, -0.1) is 0 Å². The number of alkyl halides is 5. The molecule has 45 heavy (non-hydrogen) atoms. The summed E-state index contributed by atoms with van der Waals surface area (Å²) in [6.07, 6.45) is -9.47. The van der Waals surface area contributed by atoms with Crippen LogP contribution in [0.25, 0.3) is 0 Å². The molecule has 1 N–H and O–H groups in total. The normalized spacial score (nSPS) is 36.2. The number of hydrogen-bond acceptors (Lipinski definition) is 6. The van der Waals surface area contributed by atoms with Crippen molar-refractivity contribution in [1.82, 2.24) is 0 Å². The van der Waals surface area contributed by atoms with Crippen molar-refractivity contribution in [3.63, 3.8) is 0 Å². The minimum atomic E-state index is -5.80. The number of rotatable bonds is 6. The van der Waals surface area contributed by atoms with Crippen molar-refractivity contribution in [3.8, 4) is 0 Å². The van der Waals surface area contributed by atoms with Gasteiger partial charge in [0, 0.05) is 44.0 Å². The van der Waals surface area contributed by atoms with E-state index in [0.29, 0.717) is 58.2 Å². The Bertz CT molecular complexity index is 1280. The van der Waals surface area contributed by atoms with Crippen LogP contribution in [0, 0.1) is 22.7 Å². The first-order valence-electron chi connectivity index (χ1n) is 16.0. The van der Waals surface area contributed by atoms with Crippen LogP contribution in [-0.4, -0.2) is 62.3 Å². The van der Waals surface area contributed by atoms with Gasteiger partial charge in [0.2, 0.25) is 0 Å². The molecule has 0 amide bonds. The van der Waals surface area contributed by atoms with Crippen molar-refractivity contribution in [1.29, 1.82) is 0 Å². The van der Waals surface area contributed by atoms with Gasteiger partial charge >= 0.3 is 12.3 Å². The zero-order valence-corrected chi connectivity index (χ0v) is 26.6. The Morgan fingerprint density at radius 3 is 2.16 bits per heavy atom. The van der Waals surface area contributed by atoms with Crippen LogP contribution in [0.15, 0.2) is 35.4 Å². The predicted molar refractivity (Wildman–Crippen MR) is 154 cm³/mol. The Kier molecular flexibility index (Phi) is 8.30. The highest BCUT2D eigenvalue weighted by molar-refractivity contribution is 5.44. The molecular weight excluding hydrogens is 599 g/mol. The molecule has 1 spiro atoms. The summed E-state index contributed by atoms with van der Waals surface area (Å²) >= 11 is 0. The number of ether oxygens (including phenoxy) is 5. The van der Waals surface area contributed by atoms with Crippen molar-refractivity contribution in [2.24, 2.45) is 22.7 Å². The van der Waals surface area contributed by atoms with Crippen LogP contribution in [0.2, 0.25) is 0 Å². The zero-order chi connectivity index (χ0) is 32.6. The van der Waals surface area contributed by atoms with E-state index in [1.807, 2.05) is 31.2 Å². The number of hydrogen-bond donors (Lipinski definition) is 1. The number of fused-ring (bicyclic) bond motifs is 4. The highest BCUT2D eigenvalue weighted by Crippen LogP contribution is 2.66. The van der Waals surface area contributed by atoms with Crippen LogP contribution in [-0.2, 0) is 23.7 Å². The standard InChI is InChI=1S/C34H45F5O6/c1-29(2)18-43-32(44-19-29)15-13-25-27-22(12-14-31(25,40)17-32)24-10-11-26(45-34(38,39)33(35,36)37)30(24,3)16-23(27)20-6-8-21(9-7-20)28(41-4)42-5/h6-9,22-24,26,28,40H,10-19H2,1-5H3/t22?,23?,24?,26-,30-,31+/m0/s1. The van der Waals surface area contributed by atoms with Gasteiger partial charge in [-0.1, -0.05) is 50.6 Å². The molecule has 1 aromatic rings. The molecular formula is C34H45F5O6. The molecule has 1 saturated heterocycles. The van der Waals surface area contributed by atoms with E-state index in [4.69, 9.17) is 23.7 Å². The molecule has 4 fully saturated rings. The van der Waals surface area contributed by atoms with Crippen molar-refractivity contribution in [2.75, 3.05) is 27.4 Å². The zero-order valence-electron chi connectivity index (χ0n) is 26.6. The lowest BCUT2D eigenvalue weighted by atomic mass is 9.51. The molecule has 6 atom stereocenters. The summed E-state index contributed by atoms with van der Waals surface area (Å²) in [5.74, 6) is -1.41. The van der Waals surface area contributed by atoms with Crippen LogP contribution >= 0.6 is 0 Å². The van der Waals surface area contributed by atoms with E-state index in [0.717, 1.165) is 22.3 Å². The minimum Gasteiger partial charge on any atom is -0.385 e. The SMILES string of the molecule is COC(OC)c1ccc(C2C[C@@]3(C)C(CC[C@@H]3OC(F)(F)C(F)(F)F)C3CC[C@@]4(O)CC5(CCC4=C23)OCC(C)(C)CO5)cc1. The van der Waals surface area contributed by atoms with Crippen LogP contribution in [0.4, 0.5) is 22.0 Å². The van der Waals surface area contributed by atoms with E-state index in [2.05, 4.69) is 13.8 Å². The number of allylic oxidation sites excluding steroid dienone is 1. The van der Waals surface area contributed by atoms with E-state index in [-0.39, 0.29) is 29.6 Å². The molecule has 3 saturated carbocycles. The average Bonchev–Trinajstić information content (AvgIpc) is 3.29. The average molecular weight is 645 g/mol. The van der Waals surface area contributed by atoms with Crippen LogP contribution in [0.3, 0.4) is 0 Å². The molecule has 1 heterocycles. The van der Waals surface area contributed by atoms with Gasteiger partial charge in [-0.3, -0.25) is 0 Å². The van der Waals surface area contributed by atoms with Gasteiger partial charge < -0.3 is 28.8 Å². The summed E-state index contributed by atoms with van der Waals surface area (Å²) in [5, 5.41) is 12.3. The third-order valence-corrected chi connectivity index (χ3v) is 11.4. The Morgan fingerprint density at radius 2 is 1.56 bits per heavy atom. The smallest absolute Gasteiger partial charge is 0.385 e. The third-order valence-electron chi connectivity index (χ3n) is 11.4. The highest BCUT2D eigenvalue weighted by atomic mass is 19.4. The molecule has 6 rings (SSSR count). The van der Waals surface area contributed by atoms with Gasteiger partial charge in [0.05, 0.1) is 24.9 Å². The molecule has 0 aromatic heterocycles. The van der Waals surface area contributed by atoms with Crippen molar-refractivity contribution < 1.29 is 50.7 Å². The second-order valence-corrected chi connectivity index (χ2v) is 15.0. The maximum atomic E-state index is 14.3. The summed E-state index contributed by atoms with van der Waals surface area (Å²) in [6, 6.07) is 7.67. The van der Waals surface area contributed by atoms with Gasteiger partial charge in [-0.25, -0.2) is 0 Å². The molecule has 252 valence electrons. The van der Waals surface area contributed by atoms with E-state index < -0.39 is 41.5 Å². The lowest BCUT2D eigenvalue weighted by Gasteiger charge is -2.57. The Labute approximate surface area is 261 Å². The van der Waals surface area contributed by atoms with Crippen molar-refractivity contribution in [2.45, 2.75) is 114 Å². The Balaban J connectivity index is 1.40. The van der Waals surface area contributed by atoms with E-state index in [1.54, 1.807) is 0 Å². The second-order valence-electron chi connectivity index (χ2n) is 15.0. The molecule has 0 radical (unpaired) electrons. The summed E-state index contributed by atoms with van der Waals surface area (Å²) in [4.78, 5) is 0. The highest BCUT2D eigenvalue weighted by Gasteiger charge is 2.66. The topological polar surface area (TPSA) is 66.4 Å². The van der Waals surface area contributed by atoms with Gasteiger partial charge in [0.25, 0.3) is 0 Å². The number of benzene rings is 1. The maximum absolute atomic E-state index is 14.3. The maximum Gasteiger partial charge on any atom is 0.482 e. The van der Waals surface area contributed by atoms with Crippen LogP contribution in [0.1, 0.15) is 95.5 Å². The quantitative estimate of drug-likeness (QED) is 0.194. The van der Waals surface area contributed by atoms with Crippen LogP contribution in [0.5, 0.6) is 0 Å². The molecule has 1 aliphatic heterocycles. The molecule has 1 aromatic carbocycles. The molecule has 4 aliphatic carbocycles. The van der Waals surface area contributed by atoms with E-state index >= 15 is 0 Å². The van der Waals surface area contributed by atoms with Crippen LogP contribution < -0.4 is 0 Å². The first-order valence-corrected chi connectivity index (χ1v) is 16.0. The third kappa shape index (κ3) is 5.67. The van der Waals surface area contributed by atoms with Crippen molar-refractivity contribution >= 4 is 0 Å². The fourth-order valence-corrected chi connectivity index (χ4v) is 9.20.